The lowest BCUT2D eigenvalue weighted by atomic mass is 9.94. The molecule has 0 aliphatic heterocycles. The lowest BCUT2D eigenvalue weighted by Crippen LogP contribution is -2.21. The monoisotopic (exact) mass is 453 g/mol. The van der Waals surface area contributed by atoms with Crippen LogP contribution in [0.2, 0.25) is 0 Å². The molecule has 0 unspecified atom stereocenters. The molecule has 0 saturated heterocycles. The molecular weight excluding hydrogens is 418 g/mol. The Hall–Kier alpha value is -1.18. The first-order valence-electron chi connectivity index (χ1n) is 9.58. The highest BCUT2D eigenvalue weighted by Crippen LogP contribution is 2.17. The zero-order chi connectivity index (χ0) is 21.4. The topological polar surface area (TPSA) is 95.7 Å². The summed E-state index contributed by atoms with van der Waals surface area (Å²) in [5, 5.41) is 10.4. The SMILES string of the molecule is CCOC(=O)C[C@H](Br)CC(C)C.CCOC(=O)C[C@H](CC(C)C)C[N+](=O)[O-]. The number of carbonyl (C=O) groups is 2. The van der Waals surface area contributed by atoms with Crippen LogP contribution in [-0.2, 0) is 19.1 Å². The van der Waals surface area contributed by atoms with Gasteiger partial charge in [-0.2, -0.15) is 0 Å². The van der Waals surface area contributed by atoms with Crippen molar-refractivity contribution in [3.05, 3.63) is 10.1 Å². The molecule has 2 atom stereocenters. The van der Waals surface area contributed by atoms with E-state index in [0.29, 0.717) is 37.9 Å². The molecule has 0 fully saturated rings. The van der Waals surface area contributed by atoms with Gasteiger partial charge >= 0.3 is 11.9 Å². The van der Waals surface area contributed by atoms with Crippen molar-refractivity contribution in [3.63, 3.8) is 0 Å². The minimum absolute atomic E-state index is 0.111. The van der Waals surface area contributed by atoms with Crippen LogP contribution in [0.4, 0.5) is 0 Å². The van der Waals surface area contributed by atoms with Gasteiger partial charge in [0.05, 0.1) is 26.1 Å². The van der Waals surface area contributed by atoms with Gasteiger partial charge in [-0.25, -0.2) is 0 Å². The van der Waals surface area contributed by atoms with Gasteiger partial charge < -0.3 is 9.47 Å². The Morgan fingerprint density at radius 3 is 1.74 bits per heavy atom. The molecule has 0 amide bonds. The molecule has 0 radical (unpaired) electrons. The van der Waals surface area contributed by atoms with Gasteiger partial charge in [0.25, 0.3) is 0 Å². The van der Waals surface area contributed by atoms with Crippen molar-refractivity contribution in [1.82, 2.24) is 0 Å². The molecule has 0 aliphatic carbocycles. The highest BCUT2D eigenvalue weighted by atomic mass is 79.9. The fraction of sp³-hybridized carbons (Fsp3) is 0.895. The molecular formula is C19H36BrNO6. The third-order valence-electron chi connectivity index (χ3n) is 3.39. The lowest BCUT2D eigenvalue weighted by Gasteiger charge is -2.13. The highest BCUT2D eigenvalue weighted by Gasteiger charge is 2.21. The van der Waals surface area contributed by atoms with Gasteiger partial charge in [0.15, 0.2) is 0 Å². The van der Waals surface area contributed by atoms with E-state index in [1.807, 2.05) is 20.8 Å². The van der Waals surface area contributed by atoms with E-state index < -0.39 is 0 Å². The molecule has 0 aromatic heterocycles. The average molecular weight is 454 g/mol. The van der Waals surface area contributed by atoms with Crippen molar-refractivity contribution < 1.29 is 24.0 Å². The third kappa shape index (κ3) is 21.0. The van der Waals surface area contributed by atoms with E-state index in [4.69, 9.17) is 9.47 Å². The maximum Gasteiger partial charge on any atom is 0.306 e. The molecule has 0 aromatic carbocycles. The number of esters is 2. The van der Waals surface area contributed by atoms with E-state index in [0.717, 1.165) is 6.42 Å². The van der Waals surface area contributed by atoms with Crippen LogP contribution in [0.15, 0.2) is 0 Å². The number of nitrogens with zero attached hydrogens (tertiary/aromatic N) is 1. The van der Waals surface area contributed by atoms with Crippen LogP contribution in [0.3, 0.4) is 0 Å². The molecule has 160 valence electrons. The van der Waals surface area contributed by atoms with Gasteiger partial charge in [0.1, 0.15) is 0 Å². The van der Waals surface area contributed by atoms with Gasteiger partial charge in [-0.1, -0.05) is 43.6 Å². The van der Waals surface area contributed by atoms with E-state index in [1.54, 1.807) is 6.92 Å². The standard InChI is InChI=1S/C10H19NO4.C9H17BrO2/c1-4-15-10(12)6-9(5-8(2)3)7-11(13)14;1-4-12-9(11)6-8(10)5-7(2)3/h8-9H,4-7H2,1-3H3;7-8H,4-6H2,1-3H3/t9-;8-/m01/s1. The predicted molar refractivity (Wildman–Crippen MR) is 109 cm³/mol. The zero-order valence-corrected chi connectivity index (χ0v) is 19.1. The highest BCUT2D eigenvalue weighted by molar-refractivity contribution is 9.09. The smallest absolute Gasteiger partial charge is 0.306 e. The van der Waals surface area contributed by atoms with Crippen molar-refractivity contribution in [2.75, 3.05) is 19.8 Å². The van der Waals surface area contributed by atoms with E-state index in [-0.39, 0.29) is 40.6 Å². The summed E-state index contributed by atoms with van der Waals surface area (Å²) in [6.07, 6.45) is 2.32. The Balaban J connectivity index is 0. The van der Waals surface area contributed by atoms with Crippen LogP contribution in [0.5, 0.6) is 0 Å². The average Bonchev–Trinajstić information content (AvgIpc) is 2.45. The molecule has 27 heavy (non-hydrogen) atoms. The number of rotatable bonds is 12. The maximum absolute atomic E-state index is 11.2. The van der Waals surface area contributed by atoms with Crippen LogP contribution in [-0.4, -0.2) is 41.4 Å². The normalized spacial score (nSPS) is 12.8. The summed E-state index contributed by atoms with van der Waals surface area (Å²) in [6.45, 7) is 12.4. The molecule has 0 bridgehead atoms. The Labute approximate surface area is 171 Å². The second-order valence-corrected chi connectivity index (χ2v) is 8.55. The van der Waals surface area contributed by atoms with Gasteiger partial charge in [-0.05, 0) is 38.5 Å². The van der Waals surface area contributed by atoms with Gasteiger partial charge in [0.2, 0.25) is 6.54 Å². The Morgan fingerprint density at radius 1 is 0.926 bits per heavy atom. The molecule has 0 N–H and O–H groups in total. The van der Waals surface area contributed by atoms with Crippen LogP contribution in [0.1, 0.15) is 67.2 Å². The number of carbonyl (C=O) groups excluding carboxylic acids is 2. The van der Waals surface area contributed by atoms with Crippen molar-refractivity contribution in [1.29, 1.82) is 0 Å². The van der Waals surface area contributed by atoms with Crippen molar-refractivity contribution in [3.8, 4) is 0 Å². The molecule has 0 saturated carbocycles. The van der Waals surface area contributed by atoms with Gasteiger partial charge in [0, 0.05) is 15.7 Å². The Morgan fingerprint density at radius 2 is 1.37 bits per heavy atom. The number of ether oxygens (including phenoxy) is 2. The van der Waals surface area contributed by atoms with Gasteiger partial charge in [-0.3, -0.25) is 19.7 Å². The maximum atomic E-state index is 11.2. The molecule has 0 aromatic rings. The summed E-state index contributed by atoms with van der Waals surface area (Å²) in [4.78, 5) is 32.4. The number of hydrogen-bond donors (Lipinski definition) is 0. The summed E-state index contributed by atoms with van der Waals surface area (Å²) in [7, 11) is 0. The molecule has 0 spiro atoms. The number of hydrogen-bond acceptors (Lipinski definition) is 6. The van der Waals surface area contributed by atoms with Crippen LogP contribution in [0.25, 0.3) is 0 Å². The van der Waals surface area contributed by atoms with E-state index >= 15 is 0 Å². The van der Waals surface area contributed by atoms with Crippen LogP contribution in [0, 0.1) is 27.9 Å². The second kappa shape index (κ2) is 17.0. The summed E-state index contributed by atoms with van der Waals surface area (Å²) in [5.74, 6) is 0.303. The number of alkyl halides is 1. The first-order chi connectivity index (χ1) is 12.5. The predicted octanol–water partition coefficient (Wildman–Crippen LogP) is 4.63. The van der Waals surface area contributed by atoms with Gasteiger partial charge in [-0.15, -0.1) is 0 Å². The molecule has 0 heterocycles. The second-order valence-electron chi connectivity index (χ2n) is 7.26. The van der Waals surface area contributed by atoms with Crippen LogP contribution < -0.4 is 0 Å². The Kier molecular flexibility index (Phi) is 17.6. The van der Waals surface area contributed by atoms with Crippen molar-refractivity contribution in [2.24, 2.45) is 17.8 Å². The van der Waals surface area contributed by atoms with E-state index in [2.05, 4.69) is 29.8 Å². The largest absolute Gasteiger partial charge is 0.466 e. The van der Waals surface area contributed by atoms with Crippen molar-refractivity contribution in [2.45, 2.75) is 72.1 Å². The first-order valence-corrected chi connectivity index (χ1v) is 10.5. The molecule has 7 nitrogen and oxygen atoms in total. The van der Waals surface area contributed by atoms with E-state index in [9.17, 15) is 19.7 Å². The molecule has 0 rings (SSSR count). The summed E-state index contributed by atoms with van der Waals surface area (Å²) in [6, 6.07) is 0. The summed E-state index contributed by atoms with van der Waals surface area (Å²) in [5.41, 5.74) is 0. The fourth-order valence-corrected chi connectivity index (χ4v) is 3.56. The summed E-state index contributed by atoms with van der Waals surface area (Å²) >= 11 is 3.45. The van der Waals surface area contributed by atoms with E-state index in [1.165, 1.54) is 0 Å². The third-order valence-corrected chi connectivity index (χ3v) is 4.09. The van der Waals surface area contributed by atoms with Crippen LogP contribution >= 0.6 is 15.9 Å². The number of halogens is 1. The lowest BCUT2D eigenvalue weighted by molar-refractivity contribution is -0.488. The Bertz CT molecular complexity index is 428. The zero-order valence-electron chi connectivity index (χ0n) is 17.5. The summed E-state index contributed by atoms with van der Waals surface area (Å²) < 4.78 is 9.60. The quantitative estimate of drug-likeness (QED) is 0.185. The molecule has 0 aliphatic rings. The fourth-order valence-electron chi connectivity index (χ4n) is 2.55. The first kappa shape index (κ1) is 28.0. The number of nitro groups is 1. The molecule has 8 heteroatoms. The minimum atomic E-state index is -0.369. The van der Waals surface area contributed by atoms with Crippen molar-refractivity contribution >= 4 is 27.9 Å². The minimum Gasteiger partial charge on any atom is -0.466 e.